The van der Waals surface area contributed by atoms with Crippen molar-refractivity contribution in [1.29, 1.82) is 0 Å². The lowest BCUT2D eigenvalue weighted by molar-refractivity contribution is -0.384. The van der Waals surface area contributed by atoms with Gasteiger partial charge in [-0.05, 0) is 30.7 Å². The molecular weight excluding hydrogens is 478 g/mol. The number of nitrogens with zero attached hydrogens (tertiary/aromatic N) is 3. The van der Waals surface area contributed by atoms with Crippen molar-refractivity contribution in [1.82, 2.24) is 9.80 Å². The molecule has 1 aliphatic rings. The second-order valence-electron chi connectivity index (χ2n) is 8.08. The zero-order valence-electron chi connectivity index (χ0n) is 18.9. The van der Waals surface area contributed by atoms with Gasteiger partial charge in [0.1, 0.15) is 5.69 Å². The first-order chi connectivity index (χ1) is 16.1. The van der Waals surface area contributed by atoms with Crippen LogP contribution in [0.4, 0.5) is 11.4 Å². The first kappa shape index (κ1) is 25.9. The van der Waals surface area contributed by atoms with Gasteiger partial charge in [0.2, 0.25) is 15.9 Å². The quantitative estimate of drug-likeness (QED) is 0.284. The number of carbonyl (C=O) groups is 1. The molecule has 3 N–H and O–H groups in total. The summed E-state index contributed by atoms with van der Waals surface area (Å²) >= 11 is 1.64. The highest BCUT2D eigenvalue weighted by Gasteiger charge is 2.23. The molecule has 1 aliphatic heterocycles. The SMILES string of the molecule is CC(=O)N1CCN(CC[C@H](CSc2ccccc2)Nc2ccc(S(N)(=O)=O)cc2[N+](=O)[O-])CC1. The maximum atomic E-state index is 11.6. The minimum absolute atomic E-state index is 0.0775. The van der Waals surface area contributed by atoms with Gasteiger partial charge >= 0.3 is 0 Å². The van der Waals surface area contributed by atoms with Gasteiger partial charge in [0.05, 0.1) is 9.82 Å². The second kappa shape index (κ2) is 11.6. The van der Waals surface area contributed by atoms with Gasteiger partial charge in [-0.1, -0.05) is 18.2 Å². The summed E-state index contributed by atoms with van der Waals surface area (Å²) in [6.07, 6.45) is 0.716. The molecule has 1 atom stereocenters. The average Bonchev–Trinajstić information content (AvgIpc) is 2.81. The van der Waals surface area contributed by atoms with Crippen LogP contribution >= 0.6 is 11.8 Å². The summed E-state index contributed by atoms with van der Waals surface area (Å²) in [7, 11) is -4.06. The molecule has 1 saturated heterocycles. The summed E-state index contributed by atoms with van der Waals surface area (Å²) in [5, 5.41) is 20.0. The van der Waals surface area contributed by atoms with Crippen molar-refractivity contribution >= 4 is 39.1 Å². The number of benzene rings is 2. The number of anilines is 1. The summed E-state index contributed by atoms with van der Waals surface area (Å²) in [4.78, 5) is 27.5. The fourth-order valence-electron chi connectivity index (χ4n) is 3.72. The van der Waals surface area contributed by atoms with Gasteiger partial charge in [-0.2, -0.15) is 0 Å². The molecule has 2 aromatic rings. The molecule has 3 rings (SSSR count). The lowest BCUT2D eigenvalue weighted by Crippen LogP contribution is -2.48. The van der Waals surface area contributed by atoms with Crippen LogP contribution in [0.25, 0.3) is 0 Å². The number of nitro groups is 1. The average molecular weight is 508 g/mol. The van der Waals surface area contributed by atoms with Crippen molar-refractivity contribution < 1.29 is 18.1 Å². The Morgan fingerprint density at radius 1 is 1.18 bits per heavy atom. The highest BCUT2D eigenvalue weighted by Crippen LogP contribution is 2.29. The summed E-state index contributed by atoms with van der Waals surface area (Å²) in [5.74, 6) is 0.736. The van der Waals surface area contributed by atoms with E-state index in [2.05, 4.69) is 10.2 Å². The number of amides is 1. The van der Waals surface area contributed by atoms with Crippen LogP contribution in [0.3, 0.4) is 0 Å². The van der Waals surface area contributed by atoms with Crippen molar-refractivity contribution in [3.8, 4) is 0 Å². The smallest absolute Gasteiger partial charge is 0.293 e. The summed E-state index contributed by atoms with van der Waals surface area (Å²) in [5.41, 5.74) is -0.0891. The minimum Gasteiger partial charge on any atom is -0.376 e. The van der Waals surface area contributed by atoms with Crippen LogP contribution < -0.4 is 10.5 Å². The predicted octanol–water partition coefficient (Wildman–Crippen LogP) is 2.37. The van der Waals surface area contributed by atoms with Crippen LogP contribution in [-0.2, 0) is 14.8 Å². The van der Waals surface area contributed by atoms with Crippen LogP contribution in [-0.4, -0.2) is 73.6 Å². The molecule has 184 valence electrons. The fraction of sp³-hybridized carbons (Fsp3) is 0.409. The molecule has 12 heteroatoms. The first-order valence-electron chi connectivity index (χ1n) is 10.9. The number of rotatable bonds is 10. The van der Waals surface area contributed by atoms with Crippen LogP contribution in [0, 0.1) is 10.1 Å². The Morgan fingerprint density at radius 2 is 1.85 bits per heavy atom. The Morgan fingerprint density at radius 3 is 2.44 bits per heavy atom. The van der Waals surface area contributed by atoms with E-state index in [9.17, 15) is 23.3 Å². The molecule has 2 aromatic carbocycles. The van der Waals surface area contributed by atoms with E-state index >= 15 is 0 Å². The van der Waals surface area contributed by atoms with Gasteiger partial charge in [0, 0.05) is 62.4 Å². The minimum atomic E-state index is -4.06. The number of nitrogens with two attached hydrogens (primary N) is 1. The maximum Gasteiger partial charge on any atom is 0.293 e. The predicted molar refractivity (Wildman–Crippen MR) is 132 cm³/mol. The summed E-state index contributed by atoms with van der Waals surface area (Å²) in [6.45, 7) is 5.27. The molecule has 0 saturated carbocycles. The maximum absolute atomic E-state index is 11.6. The summed E-state index contributed by atoms with van der Waals surface area (Å²) in [6, 6.07) is 13.4. The monoisotopic (exact) mass is 507 g/mol. The van der Waals surface area contributed by atoms with E-state index in [0.29, 0.717) is 25.3 Å². The molecule has 0 bridgehead atoms. The lowest BCUT2D eigenvalue weighted by atomic mass is 10.1. The molecule has 10 nitrogen and oxygen atoms in total. The number of piperazine rings is 1. The van der Waals surface area contributed by atoms with Gasteiger partial charge < -0.3 is 10.2 Å². The van der Waals surface area contributed by atoms with Crippen LogP contribution in [0.15, 0.2) is 58.3 Å². The fourth-order valence-corrected chi connectivity index (χ4v) is 5.24. The lowest BCUT2D eigenvalue weighted by Gasteiger charge is -2.35. The number of sulfonamides is 1. The molecule has 0 spiro atoms. The van der Waals surface area contributed by atoms with E-state index in [1.165, 1.54) is 12.1 Å². The topological polar surface area (TPSA) is 139 Å². The van der Waals surface area contributed by atoms with Gasteiger partial charge in [-0.3, -0.25) is 19.8 Å². The van der Waals surface area contributed by atoms with Crippen molar-refractivity contribution in [3.05, 3.63) is 58.6 Å². The van der Waals surface area contributed by atoms with E-state index in [0.717, 1.165) is 30.6 Å². The Bertz CT molecular complexity index is 1110. The van der Waals surface area contributed by atoms with E-state index in [4.69, 9.17) is 5.14 Å². The Balaban J connectivity index is 1.73. The Labute approximate surface area is 203 Å². The van der Waals surface area contributed by atoms with Gasteiger partial charge in [0.15, 0.2) is 0 Å². The summed E-state index contributed by atoms with van der Waals surface area (Å²) < 4.78 is 23.3. The number of primary sulfonamides is 1. The number of carbonyl (C=O) groups excluding carboxylic acids is 1. The second-order valence-corrected chi connectivity index (χ2v) is 10.7. The zero-order chi connectivity index (χ0) is 24.7. The van der Waals surface area contributed by atoms with Gasteiger partial charge in [0.25, 0.3) is 5.69 Å². The zero-order valence-corrected chi connectivity index (χ0v) is 20.6. The molecule has 1 heterocycles. The Hall–Kier alpha value is -2.67. The highest BCUT2D eigenvalue weighted by atomic mass is 32.2. The Kier molecular flexibility index (Phi) is 8.89. The molecule has 1 fully saturated rings. The van der Waals surface area contributed by atoms with Crippen LogP contribution in [0.1, 0.15) is 13.3 Å². The molecule has 0 radical (unpaired) electrons. The van der Waals surface area contributed by atoms with E-state index in [1.807, 2.05) is 35.2 Å². The molecular formula is C22H29N5O5S2. The van der Waals surface area contributed by atoms with Crippen molar-refractivity contribution in [2.45, 2.75) is 29.2 Å². The number of nitrogens with one attached hydrogen (secondary N) is 1. The standard InChI is InChI=1S/C22H29N5O5S2/c1-17(28)26-13-11-25(12-14-26)10-9-18(16-33-19-5-3-2-4-6-19)24-21-8-7-20(34(23,31)32)15-22(21)27(29)30/h2-8,15,18,24H,9-14,16H2,1H3,(H2,23,31,32)/t18-/m1/s1. The highest BCUT2D eigenvalue weighted by molar-refractivity contribution is 7.99. The van der Waals surface area contributed by atoms with Gasteiger partial charge in [-0.25, -0.2) is 13.6 Å². The van der Waals surface area contributed by atoms with Crippen molar-refractivity contribution in [2.75, 3.05) is 43.8 Å². The third-order valence-electron chi connectivity index (χ3n) is 5.66. The number of nitro benzene ring substituents is 1. The van der Waals surface area contributed by atoms with E-state index in [1.54, 1.807) is 18.7 Å². The van der Waals surface area contributed by atoms with Gasteiger partial charge in [-0.15, -0.1) is 11.8 Å². The first-order valence-corrected chi connectivity index (χ1v) is 13.4. The molecule has 0 aliphatic carbocycles. The van der Waals surface area contributed by atoms with E-state index < -0.39 is 14.9 Å². The molecule has 0 aromatic heterocycles. The third kappa shape index (κ3) is 7.42. The van der Waals surface area contributed by atoms with E-state index in [-0.39, 0.29) is 28.2 Å². The largest absolute Gasteiger partial charge is 0.376 e. The molecule has 0 unspecified atom stereocenters. The number of hydrogen-bond acceptors (Lipinski definition) is 8. The number of hydrogen-bond donors (Lipinski definition) is 2. The number of thioether (sulfide) groups is 1. The van der Waals surface area contributed by atoms with Crippen molar-refractivity contribution in [2.24, 2.45) is 5.14 Å². The normalized spacial score (nSPS) is 15.6. The van der Waals surface area contributed by atoms with Crippen LogP contribution in [0.5, 0.6) is 0 Å². The molecule has 1 amide bonds. The van der Waals surface area contributed by atoms with Crippen molar-refractivity contribution in [3.63, 3.8) is 0 Å². The van der Waals surface area contributed by atoms with Crippen LogP contribution in [0.2, 0.25) is 0 Å². The third-order valence-corrected chi connectivity index (χ3v) is 7.75. The molecule has 34 heavy (non-hydrogen) atoms.